The summed E-state index contributed by atoms with van der Waals surface area (Å²) in [5.41, 5.74) is 2.59. The first-order chi connectivity index (χ1) is 15.2. The number of benzene rings is 2. The molecular formula is C26H38BrNO3. The summed E-state index contributed by atoms with van der Waals surface area (Å²) in [5, 5.41) is 3.54. The smallest absolute Gasteiger partial charge is 0.133 e. The number of ether oxygens (including phenoxy) is 3. The van der Waals surface area contributed by atoms with Crippen LogP contribution in [0.3, 0.4) is 0 Å². The molecule has 0 aliphatic rings. The van der Waals surface area contributed by atoms with Gasteiger partial charge in [0, 0.05) is 13.2 Å². The molecule has 1 N–H and O–H groups in total. The van der Waals surface area contributed by atoms with E-state index in [2.05, 4.69) is 51.6 Å². The normalized spacial score (nSPS) is 10.9. The molecule has 0 fully saturated rings. The van der Waals surface area contributed by atoms with Crippen LogP contribution in [0.1, 0.15) is 49.7 Å². The Morgan fingerprint density at radius 2 is 1.45 bits per heavy atom. The maximum absolute atomic E-state index is 5.77. The second-order valence-corrected chi connectivity index (χ2v) is 8.62. The van der Waals surface area contributed by atoms with Gasteiger partial charge in [-0.05, 0) is 90.8 Å². The molecule has 0 unspecified atom stereocenters. The highest BCUT2D eigenvalue weighted by atomic mass is 79.9. The molecular weight excluding hydrogens is 454 g/mol. The summed E-state index contributed by atoms with van der Waals surface area (Å²) in [7, 11) is 3.39. The van der Waals surface area contributed by atoms with Crippen LogP contribution in [-0.2, 0) is 17.6 Å². The van der Waals surface area contributed by atoms with E-state index in [-0.39, 0.29) is 0 Å². The highest BCUT2D eigenvalue weighted by Crippen LogP contribution is 2.32. The predicted molar refractivity (Wildman–Crippen MR) is 132 cm³/mol. The molecule has 0 aliphatic carbocycles. The maximum atomic E-state index is 5.77. The van der Waals surface area contributed by atoms with Gasteiger partial charge in [-0.3, -0.25) is 0 Å². The van der Waals surface area contributed by atoms with Gasteiger partial charge in [-0.15, -0.1) is 0 Å². The van der Waals surface area contributed by atoms with Crippen LogP contribution < -0.4 is 14.8 Å². The second kappa shape index (κ2) is 16.1. The first kappa shape index (κ1) is 25.7. The molecule has 0 aliphatic heterocycles. The Morgan fingerprint density at radius 3 is 2.19 bits per heavy atom. The molecule has 4 nitrogen and oxygen atoms in total. The van der Waals surface area contributed by atoms with Gasteiger partial charge in [0.2, 0.25) is 0 Å². The van der Waals surface area contributed by atoms with Crippen LogP contribution in [0.2, 0.25) is 0 Å². The number of hydrogen-bond donors (Lipinski definition) is 1. The molecule has 2 aromatic carbocycles. The van der Waals surface area contributed by atoms with Crippen molar-refractivity contribution in [2.75, 3.05) is 40.5 Å². The summed E-state index contributed by atoms with van der Waals surface area (Å²) in [4.78, 5) is 0. The van der Waals surface area contributed by atoms with Crippen molar-refractivity contribution in [2.24, 2.45) is 0 Å². The van der Waals surface area contributed by atoms with Crippen LogP contribution in [0, 0.1) is 0 Å². The summed E-state index contributed by atoms with van der Waals surface area (Å²) >= 11 is 3.51. The van der Waals surface area contributed by atoms with Gasteiger partial charge in [0.05, 0.1) is 18.7 Å². The molecule has 0 atom stereocenters. The van der Waals surface area contributed by atoms with Gasteiger partial charge in [0.25, 0.3) is 0 Å². The Kier molecular flexibility index (Phi) is 13.4. The first-order valence-electron chi connectivity index (χ1n) is 11.5. The molecule has 0 aromatic heterocycles. The van der Waals surface area contributed by atoms with E-state index >= 15 is 0 Å². The molecule has 0 spiro atoms. The van der Waals surface area contributed by atoms with Crippen molar-refractivity contribution in [2.45, 2.75) is 51.4 Å². The maximum Gasteiger partial charge on any atom is 0.133 e. The van der Waals surface area contributed by atoms with Crippen LogP contribution in [-0.4, -0.2) is 40.5 Å². The third-order valence-electron chi connectivity index (χ3n) is 5.37. The van der Waals surface area contributed by atoms with Crippen molar-refractivity contribution in [1.29, 1.82) is 0 Å². The van der Waals surface area contributed by atoms with Gasteiger partial charge in [-0.2, -0.15) is 0 Å². The summed E-state index contributed by atoms with van der Waals surface area (Å²) in [5.74, 6) is 1.74. The predicted octanol–water partition coefficient (Wildman–Crippen LogP) is 6.20. The van der Waals surface area contributed by atoms with Crippen LogP contribution in [0.25, 0.3) is 0 Å². The first-order valence-corrected chi connectivity index (χ1v) is 12.3. The lowest BCUT2D eigenvalue weighted by molar-refractivity contribution is 0.126. The van der Waals surface area contributed by atoms with Crippen LogP contribution in [0.5, 0.6) is 11.5 Å². The lowest BCUT2D eigenvalue weighted by atomic mass is 10.1. The van der Waals surface area contributed by atoms with Gasteiger partial charge in [-0.1, -0.05) is 43.2 Å². The number of rotatable bonds is 17. The molecule has 0 saturated heterocycles. The van der Waals surface area contributed by atoms with E-state index in [4.69, 9.17) is 14.2 Å². The number of aryl methyl sites for hydroxylation is 1. The van der Waals surface area contributed by atoms with Crippen molar-refractivity contribution < 1.29 is 14.2 Å². The van der Waals surface area contributed by atoms with Crippen molar-refractivity contribution in [3.8, 4) is 11.5 Å². The quantitative estimate of drug-likeness (QED) is 0.267. The number of methoxy groups -OCH3 is 2. The Hall–Kier alpha value is -1.56. The van der Waals surface area contributed by atoms with E-state index in [9.17, 15) is 0 Å². The van der Waals surface area contributed by atoms with Crippen LogP contribution in [0.4, 0.5) is 0 Å². The average Bonchev–Trinajstić information content (AvgIpc) is 2.80. The zero-order valence-electron chi connectivity index (χ0n) is 19.1. The minimum Gasteiger partial charge on any atom is -0.496 e. The minimum atomic E-state index is 0.842. The van der Waals surface area contributed by atoms with E-state index in [0.29, 0.717) is 0 Å². The minimum absolute atomic E-state index is 0.842. The fraction of sp³-hybridized carbons (Fsp3) is 0.538. The van der Waals surface area contributed by atoms with Crippen LogP contribution >= 0.6 is 15.9 Å². The number of nitrogens with one attached hydrogen (secondary N) is 1. The number of hydrogen-bond acceptors (Lipinski definition) is 4. The Morgan fingerprint density at radius 1 is 0.742 bits per heavy atom. The third kappa shape index (κ3) is 10.5. The zero-order chi connectivity index (χ0) is 22.2. The second-order valence-electron chi connectivity index (χ2n) is 7.77. The molecule has 172 valence electrons. The Bertz CT molecular complexity index is 724. The van der Waals surface area contributed by atoms with E-state index in [1.54, 1.807) is 14.2 Å². The number of unbranched alkanes of at least 4 members (excludes halogenated alkanes) is 4. The zero-order valence-corrected chi connectivity index (χ0v) is 20.7. The van der Waals surface area contributed by atoms with E-state index in [1.807, 2.05) is 12.1 Å². The van der Waals surface area contributed by atoms with Crippen molar-refractivity contribution in [3.05, 3.63) is 58.1 Å². The SMILES string of the molecule is COc1cc(CCNCCCCCCOCCCCc2ccccc2)c(OC)cc1Br. The fourth-order valence-corrected chi connectivity index (χ4v) is 4.04. The average molecular weight is 492 g/mol. The molecule has 2 rings (SSSR count). The van der Waals surface area contributed by atoms with Crippen LogP contribution in [0.15, 0.2) is 46.9 Å². The topological polar surface area (TPSA) is 39.7 Å². The molecule has 2 aromatic rings. The fourth-order valence-electron chi connectivity index (χ4n) is 3.55. The molecule has 0 heterocycles. The summed E-state index contributed by atoms with van der Waals surface area (Å²) < 4.78 is 17.6. The summed E-state index contributed by atoms with van der Waals surface area (Å²) in [6.45, 7) is 3.77. The van der Waals surface area contributed by atoms with Gasteiger partial charge in [-0.25, -0.2) is 0 Å². The highest BCUT2D eigenvalue weighted by Gasteiger charge is 2.09. The standard InChI is InChI=1S/C26H38BrNO3/c1-29-25-21-24(27)26(30-2)20-23(25)15-17-28-16-9-3-4-10-18-31-19-11-8-14-22-12-6-5-7-13-22/h5-7,12-13,20-21,28H,3-4,8-11,14-19H2,1-2H3. The molecule has 0 amide bonds. The lowest BCUT2D eigenvalue weighted by Gasteiger charge is -2.12. The molecule has 5 heteroatoms. The Labute approximate surface area is 196 Å². The van der Waals surface area contributed by atoms with Gasteiger partial charge >= 0.3 is 0 Å². The van der Waals surface area contributed by atoms with E-state index < -0.39 is 0 Å². The van der Waals surface area contributed by atoms with E-state index in [0.717, 1.165) is 73.5 Å². The molecule has 0 radical (unpaired) electrons. The van der Waals surface area contributed by atoms with Crippen molar-refractivity contribution >= 4 is 15.9 Å². The highest BCUT2D eigenvalue weighted by molar-refractivity contribution is 9.10. The lowest BCUT2D eigenvalue weighted by Crippen LogP contribution is -2.18. The molecule has 0 saturated carbocycles. The number of halogens is 1. The third-order valence-corrected chi connectivity index (χ3v) is 5.98. The summed E-state index contributed by atoms with van der Waals surface area (Å²) in [6, 6.07) is 14.7. The summed E-state index contributed by atoms with van der Waals surface area (Å²) in [6.07, 6.45) is 9.28. The molecule has 0 bridgehead atoms. The van der Waals surface area contributed by atoms with Crippen molar-refractivity contribution in [1.82, 2.24) is 5.32 Å². The van der Waals surface area contributed by atoms with Gasteiger partial charge in [0.1, 0.15) is 11.5 Å². The van der Waals surface area contributed by atoms with Crippen molar-refractivity contribution in [3.63, 3.8) is 0 Å². The Balaban J connectivity index is 1.41. The molecule has 31 heavy (non-hydrogen) atoms. The van der Waals surface area contributed by atoms with Gasteiger partial charge < -0.3 is 19.5 Å². The van der Waals surface area contributed by atoms with E-state index in [1.165, 1.54) is 31.2 Å². The monoisotopic (exact) mass is 491 g/mol. The van der Waals surface area contributed by atoms with Gasteiger partial charge in [0.15, 0.2) is 0 Å². The largest absolute Gasteiger partial charge is 0.496 e.